The van der Waals surface area contributed by atoms with Crippen molar-refractivity contribution in [3.05, 3.63) is 77.4 Å². The van der Waals surface area contributed by atoms with E-state index < -0.39 is 0 Å². The summed E-state index contributed by atoms with van der Waals surface area (Å²) in [4.78, 5) is 18.5. The molecule has 1 fully saturated rings. The van der Waals surface area contributed by atoms with Crippen molar-refractivity contribution in [2.24, 2.45) is 4.99 Å². The molecule has 1 saturated heterocycles. The van der Waals surface area contributed by atoms with E-state index >= 15 is 0 Å². The summed E-state index contributed by atoms with van der Waals surface area (Å²) in [5, 5.41) is 5.35. The number of aliphatic imine (C=N–C) groups is 1. The van der Waals surface area contributed by atoms with E-state index in [2.05, 4.69) is 86.7 Å². The van der Waals surface area contributed by atoms with Crippen LogP contribution in [-0.4, -0.2) is 66.5 Å². The summed E-state index contributed by atoms with van der Waals surface area (Å²) in [7, 11) is 3.86. The molecule has 2 aliphatic rings. The van der Waals surface area contributed by atoms with Gasteiger partial charge in [0.05, 0.1) is 7.11 Å². The highest BCUT2D eigenvalue weighted by molar-refractivity contribution is 5.71. The van der Waals surface area contributed by atoms with Crippen molar-refractivity contribution >= 4 is 12.2 Å². The molecule has 0 radical (unpaired) electrons. The number of hydroxylamine groups is 2. The minimum Gasteiger partial charge on any atom is -0.339 e. The lowest BCUT2D eigenvalue weighted by molar-refractivity contribution is -0.104. The third kappa shape index (κ3) is 5.02. The molecule has 5 rings (SSSR count). The zero-order chi connectivity index (χ0) is 22.6. The van der Waals surface area contributed by atoms with Gasteiger partial charge in [-0.25, -0.2) is 10.1 Å². The van der Waals surface area contributed by atoms with Crippen LogP contribution in [0.3, 0.4) is 0 Å². The highest BCUT2D eigenvalue weighted by Crippen LogP contribution is 2.35. The van der Waals surface area contributed by atoms with Crippen LogP contribution in [0.5, 0.6) is 0 Å². The van der Waals surface area contributed by atoms with E-state index in [-0.39, 0.29) is 6.17 Å². The second-order valence-corrected chi connectivity index (χ2v) is 8.82. The maximum Gasteiger partial charge on any atom is 0.139 e. The Balaban J connectivity index is 1.30. The smallest absolute Gasteiger partial charge is 0.139 e. The number of fused-ring (bicyclic) bond motifs is 1. The Hall–Kier alpha value is -2.97. The second-order valence-electron chi connectivity index (χ2n) is 8.82. The summed E-state index contributed by atoms with van der Waals surface area (Å²) < 4.78 is 0. The molecule has 7 nitrogen and oxygen atoms in total. The Morgan fingerprint density at radius 2 is 1.76 bits per heavy atom. The molecular formula is C26H32N6O. The maximum atomic E-state index is 5.56. The van der Waals surface area contributed by atoms with Gasteiger partial charge in [-0.15, -0.1) is 0 Å². The predicted octanol–water partition coefficient (Wildman–Crippen LogP) is 3.75. The molecule has 33 heavy (non-hydrogen) atoms. The Bertz CT molecular complexity index is 1070. The van der Waals surface area contributed by atoms with Gasteiger partial charge in [-0.3, -0.25) is 15.1 Å². The number of hydrogen-bond acceptors (Lipinski definition) is 6. The molecule has 0 bridgehead atoms. The average molecular weight is 445 g/mol. The number of rotatable bonds is 7. The Morgan fingerprint density at radius 1 is 1.00 bits per heavy atom. The highest BCUT2D eigenvalue weighted by Gasteiger charge is 2.27. The van der Waals surface area contributed by atoms with E-state index in [1.165, 1.54) is 11.1 Å². The van der Waals surface area contributed by atoms with Crippen molar-refractivity contribution < 1.29 is 4.84 Å². The van der Waals surface area contributed by atoms with E-state index in [1.807, 2.05) is 6.07 Å². The summed E-state index contributed by atoms with van der Waals surface area (Å²) >= 11 is 0. The Kier molecular flexibility index (Phi) is 6.55. The summed E-state index contributed by atoms with van der Waals surface area (Å²) in [6.45, 7) is 6.29. The molecule has 0 aliphatic carbocycles. The van der Waals surface area contributed by atoms with Crippen LogP contribution in [0.1, 0.15) is 22.9 Å². The molecule has 7 heteroatoms. The average Bonchev–Trinajstić information content (AvgIpc) is 3.29. The fourth-order valence-corrected chi connectivity index (χ4v) is 4.47. The van der Waals surface area contributed by atoms with Crippen LogP contribution >= 0.6 is 0 Å². The van der Waals surface area contributed by atoms with Crippen LogP contribution in [0.25, 0.3) is 11.3 Å². The van der Waals surface area contributed by atoms with Gasteiger partial charge in [0.15, 0.2) is 0 Å². The maximum absolute atomic E-state index is 5.56. The fourth-order valence-electron chi connectivity index (χ4n) is 4.47. The van der Waals surface area contributed by atoms with E-state index in [4.69, 9.17) is 4.84 Å². The molecule has 2 aromatic carbocycles. The van der Waals surface area contributed by atoms with Gasteiger partial charge in [-0.2, -0.15) is 0 Å². The number of piperazine rings is 1. The van der Waals surface area contributed by atoms with Crippen LogP contribution < -0.4 is 5.32 Å². The van der Waals surface area contributed by atoms with Crippen molar-refractivity contribution in [3.63, 3.8) is 0 Å². The fraction of sp³-hybridized carbons (Fsp3) is 0.346. The third-order valence-electron chi connectivity index (χ3n) is 6.50. The predicted molar refractivity (Wildman–Crippen MR) is 132 cm³/mol. The Morgan fingerprint density at radius 3 is 2.48 bits per heavy atom. The monoisotopic (exact) mass is 444 g/mol. The van der Waals surface area contributed by atoms with E-state index in [1.54, 1.807) is 18.5 Å². The topological polar surface area (TPSA) is 59.1 Å². The van der Waals surface area contributed by atoms with Crippen molar-refractivity contribution in [1.82, 2.24) is 25.2 Å². The van der Waals surface area contributed by atoms with Crippen molar-refractivity contribution in [2.45, 2.75) is 19.3 Å². The molecule has 1 atom stereocenters. The summed E-state index contributed by atoms with van der Waals surface area (Å²) in [6.07, 6.45) is 1.61. The molecule has 0 spiro atoms. The standard InChI is InChI=1S/C26H32N6O/c1-30-12-14-31(15-13-30)18-21-8-10-22(11-9-21)24-16-23-25(29-24)28-19-32(33-2)26(23)27-17-20-6-4-3-5-7-20/h3-11,16,19,26-27,29H,12-15,17-18H2,1-2H3. The second kappa shape index (κ2) is 9.89. The molecule has 0 saturated carbocycles. The van der Waals surface area contributed by atoms with Crippen LogP contribution in [0.15, 0.2) is 65.7 Å². The van der Waals surface area contributed by atoms with Gasteiger partial charge >= 0.3 is 0 Å². The Labute approximate surface area is 195 Å². The molecule has 0 amide bonds. The van der Waals surface area contributed by atoms with Gasteiger partial charge < -0.3 is 9.88 Å². The SMILES string of the molecule is CON1C=Nc2[nH]c(-c3ccc(CN4CCN(C)CC4)cc3)cc2C1NCc1ccccc1. The van der Waals surface area contributed by atoms with Crippen molar-refractivity contribution in [1.29, 1.82) is 0 Å². The number of nitrogens with zero attached hydrogens (tertiary/aromatic N) is 4. The minimum absolute atomic E-state index is 0.121. The molecule has 2 aliphatic heterocycles. The largest absolute Gasteiger partial charge is 0.339 e. The van der Waals surface area contributed by atoms with Gasteiger partial charge in [0, 0.05) is 50.5 Å². The molecule has 172 valence electrons. The summed E-state index contributed by atoms with van der Waals surface area (Å²) in [5.41, 5.74) is 5.88. The summed E-state index contributed by atoms with van der Waals surface area (Å²) in [5.74, 6) is 0.866. The van der Waals surface area contributed by atoms with Crippen LogP contribution in [-0.2, 0) is 17.9 Å². The molecular weight excluding hydrogens is 412 g/mol. The summed E-state index contributed by atoms with van der Waals surface area (Å²) in [6, 6.07) is 21.4. The van der Waals surface area contributed by atoms with Gasteiger partial charge in [-0.05, 0) is 29.8 Å². The van der Waals surface area contributed by atoms with E-state index in [0.717, 1.165) is 61.9 Å². The number of nitrogens with one attached hydrogen (secondary N) is 2. The number of aromatic nitrogens is 1. The highest BCUT2D eigenvalue weighted by atomic mass is 16.7. The third-order valence-corrected chi connectivity index (χ3v) is 6.50. The van der Waals surface area contributed by atoms with Crippen LogP contribution in [0.2, 0.25) is 0 Å². The number of H-pyrrole nitrogens is 1. The van der Waals surface area contributed by atoms with Gasteiger partial charge in [-0.1, -0.05) is 54.6 Å². The normalized spacial score (nSPS) is 19.1. The number of hydrogen-bond donors (Lipinski definition) is 2. The molecule has 3 aromatic rings. The van der Waals surface area contributed by atoms with Crippen LogP contribution in [0.4, 0.5) is 5.82 Å². The zero-order valence-corrected chi connectivity index (χ0v) is 19.4. The zero-order valence-electron chi connectivity index (χ0n) is 19.4. The lowest BCUT2D eigenvalue weighted by Gasteiger charge is -2.32. The van der Waals surface area contributed by atoms with Gasteiger partial charge in [0.2, 0.25) is 0 Å². The lowest BCUT2D eigenvalue weighted by Crippen LogP contribution is -2.43. The number of likely N-dealkylation sites (N-methyl/N-ethyl adjacent to an activating group) is 1. The first-order chi connectivity index (χ1) is 16.2. The first-order valence-electron chi connectivity index (χ1n) is 11.6. The molecule has 3 heterocycles. The number of benzene rings is 2. The van der Waals surface area contributed by atoms with Crippen LogP contribution in [0, 0.1) is 0 Å². The van der Waals surface area contributed by atoms with Gasteiger partial charge in [0.25, 0.3) is 0 Å². The van der Waals surface area contributed by atoms with Crippen molar-refractivity contribution in [2.75, 3.05) is 40.3 Å². The quantitative estimate of drug-likeness (QED) is 0.581. The molecule has 2 N–H and O–H groups in total. The minimum atomic E-state index is -0.121. The van der Waals surface area contributed by atoms with Crippen molar-refractivity contribution in [3.8, 4) is 11.3 Å². The number of aromatic amines is 1. The van der Waals surface area contributed by atoms with E-state index in [0.29, 0.717) is 0 Å². The molecule has 1 aromatic heterocycles. The lowest BCUT2D eigenvalue weighted by atomic mass is 10.1. The first kappa shape index (κ1) is 21.9. The molecule has 1 unspecified atom stereocenters. The van der Waals surface area contributed by atoms with Gasteiger partial charge in [0.1, 0.15) is 18.3 Å². The van der Waals surface area contributed by atoms with E-state index in [9.17, 15) is 0 Å². The first-order valence-corrected chi connectivity index (χ1v) is 11.6.